The predicted octanol–water partition coefficient (Wildman–Crippen LogP) is 2.88. The molecular weight excluding hydrogens is 330 g/mol. The lowest BCUT2D eigenvalue weighted by Gasteiger charge is -2.31. The zero-order valence-corrected chi connectivity index (χ0v) is 14.7. The van der Waals surface area contributed by atoms with Gasteiger partial charge < -0.3 is 9.26 Å². The van der Waals surface area contributed by atoms with Crippen LogP contribution in [0.1, 0.15) is 24.2 Å². The topological polar surface area (TPSA) is 77.2 Å². The maximum absolute atomic E-state index is 5.96. The Morgan fingerprint density at radius 2 is 1.81 bits per heavy atom. The van der Waals surface area contributed by atoms with Gasteiger partial charge in [-0.05, 0) is 37.5 Å². The molecular formula is C19H21N5O2. The van der Waals surface area contributed by atoms with Crippen molar-refractivity contribution in [3.8, 4) is 17.1 Å². The highest BCUT2D eigenvalue weighted by Gasteiger charge is 2.22. The molecule has 0 aliphatic carbocycles. The molecule has 1 aliphatic rings. The van der Waals surface area contributed by atoms with Gasteiger partial charge in [0.05, 0.1) is 6.20 Å². The number of aryl methyl sites for hydroxylation is 1. The van der Waals surface area contributed by atoms with E-state index in [4.69, 9.17) is 9.26 Å². The minimum atomic E-state index is 0.154. The van der Waals surface area contributed by atoms with Gasteiger partial charge in [0, 0.05) is 55.5 Å². The predicted molar refractivity (Wildman–Crippen MR) is 95.4 cm³/mol. The van der Waals surface area contributed by atoms with Gasteiger partial charge in [0.2, 0.25) is 0 Å². The van der Waals surface area contributed by atoms with Crippen molar-refractivity contribution in [1.29, 1.82) is 0 Å². The summed E-state index contributed by atoms with van der Waals surface area (Å²) >= 11 is 0. The fraction of sp³-hybridized carbons (Fsp3) is 0.368. The Hall–Kier alpha value is -2.80. The minimum Gasteiger partial charge on any atom is -0.460 e. The van der Waals surface area contributed by atoms with Crippen LogP contribution in [0.3, 0.4) is 0 Å². The summed E-state index contributed by atoms with van der Waals surface area (Å²) in [4.78, 5) is 15.1. The fourth-order valence-corrected chi connectivity index (χ4v) is 3.12. The van der Waals surface area contributed by atoms with E-state index in [2.05, 4.69) is 25.0 Å². The van der Waals surface area contributed by atoms with Crippen LogP contribution in [0.2, 0.25) is 0 Å². The summed E-state index contributed by atoms with van der Waals surface area (Å²) in [6.07, 6.45) is 11.0. The zero-order chi connectivity index (χ0) is 17.8. The second-order valence-corrected chi connectivity index (χ2v) is 6.49. The number of nitrogens with zero attached hydrogens (tertiary/aromatic N) is 5. The Bertz CT molecular complexity index is 827. The number of piperidine rings is 1. The largest absolute Gasteiger partial charge is 0.460 e. The first kappa shape index (κ1) is 16.7. The average molecular weight is 351 g/mol. The summed E-state index contributed by atoms with van der Waals surface area (Å²) in [6.45, 7) is 4.78. The Morgan fingerprint density at radius 1 is 1.08 bits per heavy atom. The first-order chi connectivity index (χ1) is 12.8. The molecule has 0 bridgehead atoms. The van der Waals surface area contributed by atoms with Crippen molar-refractivity contribution in [2.24, 2.45) is 0 Å². The van der Waals surface area contributed by atoms with E-state index in [9.17, 15) is 0 Å². The van der Waals surface area contributed by atoms with Gasteiger partial charge in [-0.15, -0.1) is 0 Å². The molecule has 3 aromatic rings. The van der Waals surface area contributed by atoms with Crippen LogP contribution in [0.25, 0.3) is 11.1 Å². The molecule has 0 aromatic carbocycles. The van der Waals surface area contributed by atoms with Crippen molar-refractivity contribution >= 4 is 0 Å². The van der Waals surface area contributed by atoms with Gasteiger partial charge in [-0.1, -0.05) is 5.16 Å². The van der Waals surface area contributed by atoms with Gasteiger partial charge in [-0.3, -0.25) is 9.88 Å². The number of pyridine rings is 1. The molecule has 134 valence electrons. The maximum Gasteiger partial charge on any atom is 0.316 e. The van der Waals surface area contributed by atoms with Gasteiger partial charge in [-0.2, -0.15) is 0 Å². The summed E-state index contributed by atoms with van der Waals surface area (Å²) in [7, 11) is 0. The molecule has 0 amide bonds. The molecule has 1 fully saturated rings. The molecule has 0 spiro atoms. The molecule has 7 nitrogen and oxygen atoms in total. The van der Waals surface area contributed by atoms with Gasteiger partial charge in [-0.25, -0.2) is 9.97 Å². The number of aromatic nitrogens is 4. The maximum atomic E-state index is 5.96. The lowest BCUT2D eigenvalue weighted by Crippen LogP contribution is -2.38. The Balaban J connectivity index is 1.30. The molecule has 1 saturated heterocycles. The molecule has 4 rings (SSSR count). The third kappa shape index (κ3) is 3.88. The molecule has 0 radical (unpaired) electrons. The van der Waals surface area contributed by atoms with Crippen LogP contribution in [-0.2, 0) is 6.54 Å². The van der Waals surface area contributed by atoms with E-state index in [0.29, 0.717) is 6.01 Å². The minimum absolute atomic E-state index is 0.154. The summed E-state index contributed by atoms with van der Waals surface area (Å²) in [5.41, 5.74) is 3.15. The normalized spacial score (nSPS) is 15.9. The number of rotatable bonds is 5. The number of likely N-dealkylation sites (tertiary alicyclic amines) is 1. The monoisotopic (exact) mass is 351 g/mol. The van der Waals surface area contributed by atoms with Gasteiger partial charge in [0.1, 0.15) is 11.9 Å². The standard InChI is InChI=1S/C19H21N5O2/c1-14-17(12-23-26-14)13-24-8-4-18(5-9-24)25-19-21-10-16(11-22-19)15-2-6-20-7-3-15/h2-3,6-7,10-12,18H,4-5,8-9,13H2,1H3. The van der Waals surface area contributed by atoms with E-state index >= 15 is 0 Å². The molecule has 0 unspecified atom stereocenters. The molecule has 3 aromatic heterocycles. The SMILES string of the molecule is Cc1oncc1CN1CCC(Oc2ncc(-c3ccncc3)cn2)CC1. The Kier molecular flexibility index (Phi) is 4.88. The van der Waals surface area contributed by atoms with Crippen molar-refractivity contribution < 1.29 is 9.26 Å². The van der Waals surface area contributed by atoms with Gasteiger partial charge >= 0.3 is 6.01 Å². The summed E-state index contributed by atoms with van der Waals surface area (Å²) in [5, 5.41) is 3.84. The van der Waals surface area contributed by atoms with Gasteiger partial charge in [0.15, 0.2) is 0 Å². The second kappa shape index (κ2) is 7.61. The van der Waals surface area contributed by atoms with Crippen LogP contribution in [0.5, 0.6) is 6.01 Å². The second-order valence-electron chi connectivity index (χ2n) is 6.49. The van der Waals surface area contributed by atoms with Crippen molar-refractivity contribution in [3.05, 3.63) is 54.4 Å². The van der Waals surface area contributed by atoms with Crippen molar-refractivity contribution in [1.82, 2.24) is 25.0 Å². The number of hydrogen-bond acceptors (Lipinski definition) is 7. The van der Waals surface area contributed by atoms with Crippen LogP contribution in [0.4, 0.5) is 0 Å². The highest BCUT2D eigenvalue weighted by Crippen LogP contribution is 2.21. The van der Waals surface area contributed by atoms with E-state index in [-0.39, 0.29) is 6.10 Å². The van der Waals surface area contributed by atoms with Gasteiger partial charge in [0.25, 0.3) is 0 Å². The van der Waals surface area contributed by atoms with E-state index in [1.165, 1.54) is 0 Å². The molecule has 0 atom stereocenters. The molecule has 4 heterocycles. The van der Waals surface area contributed by atoms with Crippen LogP contribution < -0.4 is 4.74 Å². The quantitative estimate of drug-likeness (QED) is 0.699. The third-order valence-corrected chi connectivity index (χ3v) is 4.69. The summed E-state index contributed by atoms with van der Waals surface area (Å²) in [6, 6.07) is 4.31. The molecule has 0 N–H and O–H groups in total. The van der Waals surface area contributed by atoms with E-state index < -0.39 is 0 Å². The fourth-order valence-electron chi connectivity index (χ4n) is 3.12. The third-order valence-electron chi connectivity index (χ3n) is 4.69. The van der Waals surface area contributed by atoms with Crippen LogP contribution in [0, 0.1) is 6.92 Å². The highest BCUT2D eigenvalue weighted by molar-refractivity contribution is 5.60. The first-order valence-electron chi connectivity index (χ1n) is 8.79. The molecule has 0 saturated carbocycles. The van der Waals surface area contributed by atoms with Crippen molar-refractivity contribution in [2.45, 2.75) is 32.4 Å². The highest BCUT2D eigenvalue weighted by atomic mass is 16.5. The van der Waals surface area contributed by atoms with Crippen molar-refractivity contribution in [2.75, 3.05) is 13.1 Å². The van der Waals surface area contributed by atoms with Crippen LogP contribution >= 0.6 is 0 Å². The lowest BCUT2D eigenvalue weighted by atomic mass is 10.1. The zero-order valence-electron chi connectivity index (χ0n) is 14.7. The van der Waals surface area contributed by atoms with Crippen molar-refractivity contribution in [3.63, 3.8) is 0 Å². The van der Waals surface area contributed by atoms with E-state index in [0.717, 1.165) is 54.9 Å². The summed E-state index contributed by atoms with van der Waals surface area (Å²) in [5.74, 6) is 0.895. The summed E-state index contributed by atoms with van der Waals surface area (Å²) < 4.78 is 11.1. The van der Waals surface area contributed by atoms with Crippen LogP contribution in [0.15, 0.2) is 47.6 Å². The smallest absolute Gasteiger partial charge is 0.316 e. The lowest BCUT2D eigenvalue weighted by molar-refractivity contribution is 0.0890. The number of hydrogen-bond donors (Lipinski definition) is 0. The molecule has 7 heteroatoms. The van der Waals surface area contributed by atoms with E-state index in [1.807, 2.05) is 19.1 Å². The number of ether oxygens (including phenoxy) is 1. The Morgan fingerprint density at radius 3 is 2.46 bits per heavy atom. The molecule has 26 heavy (non-hydrogen) atoms. The average Bonchev–Trinajstić information content (AvgIpc) is 3.09. The van der Waals surface area contributed by atoms with Crippen LogP contribution in [-0.4, -0.2) is 44.2 Å². The molecule has 1 aliphatic heterocycles. The Labute approximate surface area is 152 Å². The van der Waals surface area contributed by atoms with E-state index in [1.54, 1.807) is 31.0 Å². The first-order valence-corrected chi connectivity index (χ1v) is 8.79.